The molecule has 0 saturated carbocycles. The molecule has 2 unspecified atom stereocenters. The third-order valence-electron chi connectivity index (χ3n) is 2.15. The summed E-state index contributed by atoms with van der Waals surface area (Å²) >= 11 is 0. The highest BCUT2D eigenvalue weighted by Gasteiger charge is 2.27. The van der Waals surface area contributed by atoms with E-state index in [0.717, 1.165) is 0 Å². The van der Waals surface area contributed by atoms with Crippen molar-refractivity contribution >= 4 is 5.97 Å². The summed E-state index contributed by atoms with van der Waals surface area (Å²) in [4.78, 5) is 11.2. The van der Waals surface area contributed by atoms with E-state index in [0.29, 0.717) is 12.1 Å². The molecule has 1 heterocycles. The molecule has 6 heteroatoms. The summed E-state index contributed by atoms with van der Waals surface area (Å²) in [6, 6.07) is 0. The summed E-state index contributed by atoms with van der Waals surface area (Å²) in [5.41, 5.74) is 0.391. The van der Waals surface area contributed by atoms with Gasteiger partial charge in [-0.15, -0.1) is 0 Å². The van der Waals surface area contributed by atoms with Gasteiger partial charge in [0.1, 0.15) is 6.10 Å². The second kappa shape index (κ2) is 5.62. The minimum atomic E-state index is -1.57. The minimum Gasteiger partial charge on any atom is -0.464 e. The second-order valence-corrected chi connectivity index (χ2v) is 3.27. The van der Waals surface area contributed by atoms with Crippen molar-refractivity contribution in [1.82, 2.24) is 9.78 Å². The van der Waals surface area contributed by atoms with E-state index in [-0.39, 0.29) is 6.61 Å². The average Bonchev–Trinajstić information content (AvgIpc) is 2.75. The molecular weight excluding hydrogens is 212 g/mol. The number of hydrogen-bond acceptors (Lipinski definition) is 5. The van der Waals surface area contributed by atoms with Crippen LogP contribution < -0.4 is 0 Å². The Morgan fingerprint density at radius 3 is 2.75 bits per heavy atom. The molecule has 0 saturated heterocycles. The van der Waals surface area contributed by atoms with E-state index in [2.05, 4.69) is 9.84 Å². The number of aromatic nitrogens is 2. The van der Waals surface area contributed by atoms with Crippen LogP contribution in [0.2, 0.25) is 0 Å². The van der Waals surface area contributed by atoms with Gasteiger partial charge in [-0.05, 0) is 13.8 Å². The first-order valence-electron chi connectivity index (χ1n) is 5.15. The highest BCUT2D eigenvalue weighted by Crippen LogP contribution is 2.16. The van der Waals surface area contributed by atoms with E-state index in [1.165, 1.54) is 6.20 Å². The maximum atomic E-state index is 11.2. The Bertz CT molecular complexity index is 350. The number of hydrogen-bond donors (Lipinski definition) is 2. The number of carbonyl (C=O) groups excluding carboxylic acids is 1. The lowest BCUT2D eigenvalue weighted by molar-refractivity contribution is -0.159. The van der Waals surface area contributed by atoms with Crippen molar-refractivity contribution in [3.63, 3.8) is 0 Å². The Kier molecular flexibility index (Phi) is 4.45. The molecule has 0 bridgehead atoms. The molecule has 0 aliphatic rings. The van der Waals surface area contributed by atoms with Crippen LogP contribution in [0, 0.1) is 0 Å². The third kappa shape index (κ3) is 2.80. The van der Waals surface area contributed by atoms with E-state index < -0.39 is 18.2 Å². The average molecular weight is 228 g/mol. The van der Waals surface area contributed by atoms with E-state index in [4.69, 9.17) is 0 Å². The molecule has 0 aromatic carbocycles. The van der Waals surface area contributed by atoms with Crippen molar-refractivity contribution < 1.29 is 19.7 Å². The Labute approximate surface area is 93.5 Å². The SMILES string of the molecule is CCOC(=O)C(O)C(O)c1cnn(CC)c1. The molecule has 0 spiro atoms. The van der Waals surface area contributed by atoms with Crippen LogP contribution in [-0.2, 0) is 16.1 Å². The van der Waals surface area contributed by atoms with Crippen LogP contribution in [0.25, 0.3) is 0 Å². The van der Waals surface area contributed by atoms with E-state index in [1.54, 1.807) is 17.8 Å². The van der Waals surface area contributed by atoms with Crippen LogP contribution in [-0.4, -0.2) is 38.7 Å². The Morgan fingerprint density at radius 1 is 1.56 bits per heavy atom. The summed E-state index contributed by atoms with van der Waals surface area (Å²) in [5.74, 6) is -0.834. The van der Waals surface area contributed by atoms with Crippen LogP contribution >= 0.6 is 0 Å². The van der Waals surface area contributed by atoms with E-state index in [9.17, 15) is 15.0 Å². The minimum absolute atomic E-state index is 0.164. The molecule has 2 N–H and O–H groups in total. The molecular formula is C10H16N2O4. The predicted molar refractivity (Wildman–Crippen MR) is 55.5 cm³/mol. The molecule has 1 aromatic heterocycles. The molecule has 0 aliphatic heterocycles. The first kappa shape index (κ1) is 12.7. The smallest absolute Gasteiger partial charge is 0.338 e. The highest BCUT2D eigenvalue weighted by molar-refractivity contribution is 5.75. The standard InChI is InChI=1S/C10H16N2O4/c1-3-12-6-7(5-11-12)8(13)9(14)10(15)16-4-2/h5-6,8-9,13-14H,3-4H2,1-2H3. The van der Waals surface area contributed by atoms with Crippen LogP contribution in [0.3, 0.4) is 0 Å². The maximum Gasteiger partial charge on any atom is 0.338 e. The molecule has 0 amide bonds. The van der Waals surface area contributed by atoms with Gasteiger partial charge >= 0.3 is 5.97 Å². The van der Waals surface area contributed by atoms with Gasteiger partial charge in [0.25, 0.3) is 0 Å². The van der Waals surface area contributed by atoms with Gasteiger partial charge in [-0.1, -0.05) is 0 Å². The number of ether oxygens (including phenoxy) is 1. The first-order valence-corrected chi connectivity index (χ1v) is 5.15. The van der Waals surface area contributed by atoms with Gasteiger partial charge in [-0.3, -0.25) is 4.68 Å². The molecule has 2 atom stereocenters. The molecule has 0 fully saturated rings. The first-order chi connectivity index (χ1) is 7.60. The normalized spacial score (nSPS) is 14.5. The number of carbonyl (C=O) groups is 1. The Hall–Kier alpha value is -1.40. The Balaban J connectivity index is 2.69. The molecule has 1 aromatic rings. The van der Waals surface area contributed by atoms with Crippen molar-refractivity contribution in [1.29, 1.82) is 0 Å². The van der Waals surface area contributed by atoms with E-state index >= 15 is 0 Å². The van der Waals surface area contributed by atoms with Crippen molar-refractivity contribution in [2.75, 3.05) is 6.61 Å². The quantitative estimate of drug-likeness (QED) is 0.685. The molecule has 1 rings (SSSR count). The van der Waals surface area contributed by atoms with Crippen molar-refractivity contribution in [2.24, 2.45) is 0 Å². The summed E-state index contributed by atoms with van der Waals surface area (Å²) < 4.78 is 6.20. The second-order valence-electron chi connectivity index (χ2n) is 3.27. The van der Waals surface area contributed by atoms with Gasteiger partial charge in [0, 0.05) is 18.3 Å². The Morgan fingerprint density at radius 2 is 2.25 bits per heavy atom. The summed E-state index contributed by atoms with van der Waals surface area (Å²) in [6.45, 7) is 4.34. The fourth-order valence-corrected chi connectivity index (χ4v) is 1.24. The van der Waals surface area contributed by atoms with Gasteiger partial charge in [-0.2, -0.15) is 5.10 Å². The summed E-state index contributed by atoms with van der Waals surface area (Å²) in [5, 5.41) is 23.1. The van der Waals surface area contributed by atoms with Gasteiger partial charge in [-0.25, -0.2) is 4.79 Å². The molecule has 0 radical (unpaired) electrons. The number of nitrogens with zero attached hydrogens (tertiary/aromatic N) is 2. The highest BCUT2D eigenvalue weighted by atomic mass is 16.5. The fraction of sp³-hybridized carbons (Fsp3) is 0.600. The summed E-state index contributed by atoms with van der Waals surface area (Å²) in [6.07, 6.45) is 0.109. The van der Waals surface area contributed by atoms with Crippen molar-refractivity contribution in [2.45, 2.75) is 32.6 Å². The lowest BCUT2D eigenvalue weighted by Crippen LogP contribution is -2.29. The van der Waals surface area contributed by atoms with Gasteiger partial charge in [0.05, 0.1) is 12.8 Å². The fourth-order valence-electron chi connectivity index (χ4n) is 1.24. The number of rotatable bonds is 5. The van der Waals surface area contributed by atoms with Gasteiger partial charge in [0.15, 0.2) is 6.10 Å². The molecule has 6 nitrogen and oxygen atoms in total. The lowest BCUT2D eigenvalue weighted by Gasteiger charge is -2.14. The van der Waals surface area contributed by atoms with Gasteiger partial charge in [0.2, 0.25) is 0 Å². The predicted octanol–water partition coefficient (Wildman–Crippen LogP) is -0.140. The molecule has 16 heavy (non-hydrogen) atoms. The number of aryl methyl sites for hydroxylation is 1. The monoisotopic (exact) mass is 228 g/mol. The molecule has 0 aliphatic carbocycles. The van der Waals surface area contributed by atoms with Crippen molar-refractivity contribution in [3.8, 4) is 0 Å². The summed E-state index contributed by atoms with van der Waals surface area (Å²) in [7, 11) is 0. The topological polar surface area (TPSA) is 84.6 Å². The zero-order valence-corrected chi connectivity index (χ0v) is 9.33. The molecule has 90 valence electrons. The number of esters is 1. The number of aliphatic hydroxyl groups excluding tert-OH is 2. The van der Waals surface area contributed by atoms with Crippen LogP contribution in [0.5, 0.6) is 0 Å². The van der Waals surface area contributed by atoms with Crippen molar-refractivity contribution in [3.05, 3.63) is 18.0 Å². The van der Waals surface area contributed by atoms with Crippen LogP contribution in [0.15, 0.2) is 12.4 Å². The van der Waals surface area contributed by atoms with Crippen LogP contribution in [0.1, 0.15) is 25.5 Å². The van der Waals surface area contributed by atoms with Gasteiger partial charge < -0.3 is 14.9 Å². The maximum absolute atomic E-state index is 11.2. The van der Waals surface area contributed by atoms with Crippen LogP contribution in [0.4, 0.5) is 0 Å². The number of aliphatic hydroxyl groups is 2. The third-order valence-corrected chi connectivity index (χ3v) is 2.15. The zero-order chi connectivity index (χ0) is 12.1. The largest absolute Gasteiger partial charge is 0.464 e. The lowest BCUT2D eigenvalue weighted by atomic mass is 10.1. The zero-order valence-electron chi connectivity index (χ0n) is 9.33. The van der Waals surface area contributed by atoms with E-state index in [1.807, 2.05) is 6.92 Å².